The standard InChI is InChI=1S/C10H14.5C9H12.6C8H11N.C8H10.2C7H9N/c1-7-5-8(2)10(4)9(3)6-7;5*1-7-4-5-8(2)9(3)6-7;4*1-6-4-8(3)9-5-7(6)2;2*1-6-4-7(2)8(3)9-5-6;1-7-3-5-8(2)6-4-7;2*1-6-3-4-7(2)8-5-6/h5-6H,1-4H3;5*4-6H,1-3H3;6*4-5H,1-3H3;3-6H,1-2H3;2*3-5H,1-2H3. The maximum atomic E-state index is 4.18. The summed E-state index contributed by atoms with van der Waals surface area (Å²) in [7, 11) is 0. The Morgan fingerprint density at radius 3 is 0.436 bits per heavy atom. The molecule has 8 aromatic heterocycles. The molecular weight excluding hydrogens is 1610 g/mol. The van der Waals surface area contributed by atoms with Gasteiger partial charge >= 0.3 is 0 Å². The Hall–Kier alpha value is -12.3. The molecule has 0 atom stereocenters. The summed E-state index contributed by atoms with van der Waals surface area (Å²) in [6, 6.07) is 66.2. The highest BCUT2D eigenvalue weighted by Crippen LogP contribution is 2.17. The molecule has 0 saturated heterocycles. The quantitative estimate of drug-likeness (QED) is 0.148. The normalized spacial score (nSPS) is 9.62. The minimum Gasteiger partial charge on any atom is -0.261 e. The molecule has 0 aliphatic heterocycles. The SMILES string of the molecule is Cc1cc(C)c(C)c(C)c1.Cc1cc(C)c(C)cn1.Cc1cc(C)c(C)cn1.Cc1cc(C)c(C)cn1.Cc1cc(C)c(C)cn1.Cc1ccc(C)c(C)c1.Cc1ccc(C)c(C)c1.Cc1ccc(C)c(C)c1.Cc1ccc(C)c(C)c1.Cc1ccc(C)c(C)c1.Cc1ccc(C)cc1.Cc1ccc(C)nc1.Cc1ccc(C)nc1.Cc1cnc(C)c(C)c1.Cc1cnc(C)c(C)c1. The first-order valence-electron chi connectivity index (χ1n) is 46.6. The molecule has 8 heterocycles. The Bertz CT molecular complexity index is 4810. The van der Waals surface area contributed by atoms with E-state index in [9.17, 15) is 0 Å². The van der Waals surface area contributed by atoms with Crippen LogP contribution in [-0.4, -0.2) is 39.9 Å². The van der Waals surface area contributed by atoms with Crippen LogP contribution in [-0.2, 0) is 0 Å². The van der Waals surface area contributed by atoms with Crippen LogP contribution >= 0.6 is 0 Å². The second-order valence-electron chi connectivity index (χ2n) is 36.5. The summed E-state index contributed by atoms with van der Waals surface area (Å²) < 4.78 is 0. The van der Waals surface area contributed by atoms with E-state index in [1.165, 1.54) is 195 Å². The monoisotopic (exact) mass is 1780 g/mol. The highest BCUT2D eigenvalue weighted by atomic mass is 14.7. The molecule has 0 saturated carbocycles. The maximum absolute atomic E-state index is 4.18. The molecule has 0 N–H and O–H groups in total. The van der Waals surface area contributed by atoms with E-state index in [-0.39, 0.29) is 0 Å². The summed E-state index contributed by atoms with van der Waals surface area (Å²) in [6.07, 6.45) is 15.2. The van der Waals surface area contributed by atoms with Crippen molar-refractivity contribution < 1.29 is 0 Å². The highest BCUT2D eigenvalue weighted by molar-refractivity contribution is 5.38. The van der Waals surface area contributed by atoms with Gasteiger partial charge in [-0.05, 0) is 484 Å². The van der Waals surface area contributed by atoms with Crippen molar-refractivity contribution in [3.05, 3.63) is 478 Å². The zero-order valence-electron chi connectivity index (χ0n) is 90.6. The predicted octanol–water partition coefficient (Wildman–Crippen LogP) is 33.7. The molecule has 133 heavy (non-hydrogen) atoms. The first-order valence-corrected chi connectivity index (χ1v) is 46.6. The van der Waals surface area contributed by atoms with Crippen molar-refractivity contribution in [2.45, 2.75) is 298 Å². The van der Waals surface area contributed by atoms with Gasteiger partial charge < -0.3 is 0 Å². The van der Waals surface area contributed by atoms with Crippen molar-refractivity contribution in [1.82, 2.24) is 39.9 Å². The Balaban J connectivity index is 0.000000713. The maximum Gasteiger partial charge on any atom is 0.0401 e. The zero-order valence-corrected chi connectivity index (χ0v) is 90.6. The van der Waals surface area contributed by atoms with Crippen molar-refractivity contribution in [2.75, 3.05) is 0 Å². The minimum absolute atomic E-state index is 1.08. The lowest BCUT2D eigenvalue weighted by atomic mass is 10.0. The first-order chi connectivity index (χ1) is 62.2. The van der Waals surface area contributed by atoms with E-state index in [0.717, 1.165) is 45.6 Å². The Labute approximate surface area is 810 Å². The van der Waals surface area contributed by atoms with Crippen LogP contribution in [0.2, 0.25) is 0 Å². The fourth-order valence-electron chi connectivity index (χ4n) is 12.1. The molecular formula is C125H168N8. The van der Waals surface area contributed by atoms with Crippen LogP contribution in [0, 0.1) is 298 Å². The third-order valence-corrected chi connectivity index (χ3v) is 22.7. The molecule has 708 valence electrons. The van der Waals surface area contributed by atoms with Gasteiger partial charge in [-0.2, -0.15) is 0 Å². The Morgan fingerprint density at radius 2 is 0.278 bits per heavy atom. The molecule has 0 aliphatic rings. The number of nitrogens with zero attached hydrogens (tertiary/aromatic N) is 8. The predicted molar refractivity (Wildman–Crippen MR) is 583 cm³/mol. The van der Waals surface area contributed by atoms with Crippen LogP contribution in [0.1, 0.15) is 240 Å². The molecule has 0 unspecified atom stereocenters. The van der Waals surface area contributed by atoms with Crippen molar-refractivity contribution in [1.29, 1.82) is 0 Å². The van der Waals surface area contributed by atoms with Gasteiger partial charge in [0.2, 0.25) is 0 Å². The number of aromatic nitrogens is 8. The third-order valence-electron chi connectivity index (χ3n) is 22.7. The number of benzene rings is 7. The summed E-state index contributed by atoms with van der Waals surface area (Å²) in [5.74, 6) is 0. The van der Waals surface area contributed by atoms with Gasteiger partial charge in [0, 0.05) is 95.1 Å². The second kappa shape index (κ2) is 63.0. The summed E-state index contributed by atoms with van der Waals surface area (Å²) in [4.78, 5) is 33.1. The Kier molecular flexibility index (Phi) is 56.2. The summed E-state index contributed by atoms with van der Waals surface area (Å²) >= 11 is 0. The van der Waals surface area contributed by atoms with Gasteiger partial charge in [0.25, 0.3) is 0 Å². The molecule has 15 rings (SSSR count). The van der Waals surface area contributed by atoms with Crippen LogP contribution in [0.5, 0.6) is 0 Å². The molecule has 0 bridgehead atoms. The molecule has 0 spiro atoms. The molecule has 0 radical (unpaired) electrons. The van der Waals surface area contributed by atoms with E-state index in [1.807, 2.05) is 131 Å². The molecule has 0 amide bonds. The van der Waals surface area contributed by atoms with Crippen LogP contribution < -0.4 is 0 Å². The van der Waals surface area contributed by atoms with Crippen molar-refractivity contribution in [2.24, 2.45) is 0 Å². The van der Waals surface area contributed by atoms with E-state index in [1.54, 1.807) is 0 Å². The summed E-state index contributed by atoms with van der Waals surface area (Å²) in [5, 5.41) is 0. The highest BCUT2D eigenvalue weighted by Gasteiger charge is 2.01. The number of hydrogen-bond donors (Lipinski definition) is 0. The van der Waals surface area contributed by atoms with Crippen LogP contribution in [0.15, 0.2) is 238 Å². The topological polar surface area (TPSA) is 103 Å². The van der Waals surface area contributed by atoms with Crippen LogP contribution in [0.4, 0.5) is 0 Å². The lowest BCUT2D eigenvalue weighted by molar-refractivity contribution is 1.12. The smallest absolute Gasteiger partial charge is 0.0401 e. The minimum atomic E-state index is 1.08. The largest absolute Gasteiger partial charge is 0.261 e. The van der Waals surface area contributed by atoms with Gasteiger partial charge in [-0.25, -0.2) is 0 Å². The van der Waals surface area contributed by atoms with Gasteiger partial charge in [0.1, 0.15) is 0 Å². The van der Waals surface area contributed by atoms with Crippen molar-refractivity contribution in [3.8, 4) is 0 Å². The summed E-state index contributed by atoms with van der Waals surface area (Å²) in [6.45, 7) is 89.9. The van der Waals surface area contributed by atoms with Crippen molar-refractivity contribution in [3.63, 3.8) is 0 Å². The number of aryl methyl sites for hydroxylation is 42. The first kappa shape index (κ1) is 119. The van der Waals surface area contributed by atoms with E-state index in [4.69, 9.17) is 0 Å². The van der Waals surface area contributed by atoms with E-state index < -0.39 is 0 Å². The molecule has 0 aliphatic carbocycles. The molecule has 0 fully saturated rings. The molecule has 15 aromatic rings. The molecule has 7 aromatic carbocycles. The van der Waals surface area contributed by atoms with Gasteiger partial charge in [-0.15, -0.1) is 0 Å². The van der Waals surface area contributed by atoms with Crippen LogP contribution in [0.25, 0.3) is 0 Å². The van der Waals surface area contributed by atoms with E-state index in [0.29, 0.717) is 0 Å². The second-order valence-corrected chi connectivity index (χ2v) is 36.5. The average molecular weight is 1780 g/mol. The number of hydrogen-bond acceptors (Lipinski definition) is 8. The van der Waals surface area contributed by atoms with Gasteiger partial charge in [-0.1, -0.05) is 196 Å². The van der Waals surface area contributed by atoms with Gasteiger partial charge in [0.15, 0.2) is 0 Å². The van der Waals surface area contributed by atoms with Gasteiger partial charge in [-0.3, -0.25) is 39.9 Å². The lowest BCUT2D eigenvalue weighted by Crippen LogP contribution is -1.86. The van der Waals surface area contributed by atoms with E-state index >= 15 is 0 Å². The third kappa shape index (κ3) is 53.1. The summed E-state index contributed by atoms with van der Waals surface area (Å²) in [5.41, 5.74) is 55.4. The average Bonchev–Trinajstić information content (AvgIpc) is 0.861. The molecule has 8 heteroatoms. The number of rotatable bonds is 0. The van der Waals surface area contributed by atoms with Gasteiger partial charge in [0.05, 0.1) is 0 Å². The molecule has 8 nitrogen and oxygen atoms in total. The van der Waals surface area contributed by atoms with Crippen molar-refractivity contribution >= 4 is 0 Å². The fraction of sp³-hybridized carbons (Fsp3) is 0.344. The fourth-order valence-corrected chi connectivity index (χ4v) is 12.1. The lowest BCUT2D eigenvalue weighted by Gasteiger charge is -2.04. The van der Waals surface area contributed by atoms with Crippen LogP contribution in [0.3, 0.4) is 0 Å². The zero-order chi connectivity index (χ0) is 101. The Morgan fingerprint density at radius 1 is 0.105 bits per heavy atom. The van der Waals surface area contributed by atoms with E-state index in [2.05, 4.69) is 444 Å². The number of pyridine rings is 8.